The SMILES string of the molecule is C[C@@H]1C[C@@H](C)Oc2cccc([N+](=O)[O-])c2-c2c(cccc2[N+](=O)[O-])O1. The number of rotatable bonds is 2. The van der Waals surface area contributed by atoms with Gasteiger partial charge in [0.25, 0.3) is 11.4 Å². The number of ether oxygens (including phenoxy) is 2. The Morgan fingerprint density at radius 1 is 0.840 bits per heavy atom. The summed E-state index contributed by atoms with van der Waals surface area (Å²) in [7, 11) is 0. The first kappa shape index (κ1) is 16.7. The van der Waals surface area contributed by atoms with E-state index in [0.717, 1.165) is 0 Å². The first-order valence-electron chi connectivity index (χ1n) is 7.77. The van der Waals surface area contributed by atoms with Gasteiger partial charge in [-0.05, 0) is 26.0 Å². The Hall–Kier alpha value is -3.16. The van der Waals surface area contributed by atoms with E-state index < -0.39 is 9.85 Å². The zero-order chi connectivity index (χ0) is 18.1. The number of hydrogen-bond donors (Lipinski definition) is 0. The molecular formula is C17H16N2O6. The van der Waals surface area contributed by atoms with Crippen molar-refractivity contribution in [2.24, 2.45) is 0 Å². The van der Waals surface area contributed by atoms with Crippen molar-refractivity contribution in [2.45, 2.75) is 32.5 Å². The van der Waals surface area contributed by atoms with Crippen molar-refractivity contribution in [3.63, 3.8) is 0 Å². The van der Waals surface area contributed by atoms with Crippen LogP contribution in [0.5, 0.6) is 11.5 Å². The van der Waals surface area contributed by atoms with E-state index in [4.69, 9.17) is 9.47 Å². The molecule has 3 rings (SSSR count). The lowest BCUT2D eigenvalue weighted by molar-refractivity contribution is -0.386. The van der Waals surface area contributed by atoms with Crippen LogP contribution in [0.15, 0.2) is 36.4 Å². The molecule has 1 heterocycles. The third-order valence-electron chi connectivity index (χ3n) is 3.97. The Kier molecular flexibility index (Phi) is 4.26. The molecule has 130 valence electrons. The number of fused-ring (bicyclic) bond motifs is 3. The number of nitro groups is 2. The molecule has 2 aromatic rings. The van der Waals surface area contributed by atoms with Gasteiger partial charge in [-0.2, -0.15) is 0 Å². The van der Waals surface area contributed by atoms with Gasteiger partial charge in [0.15, 0.2) is 0 Å². The largest absolute Gasteiger partial charge is 0.490 e. The number of benzene rings is 2. The molecule has 2 atom stereocenters. The quantitative estimate of drug-likeness (QED) is 0.600. The number of nitro benzene ring substituents is 2. The highest BCUT2D eigenvalue weighted by atomic mass is 16.6. The second kappa shape index (κ2) is 6.39. The van der Waals surface area contributed by atoms with Crippen molar-refractivity contribution < 1.29 is 19.3 Å². The van der Waals surface area contributed by atoms with Crippen LogP contribution in [0.3, 0.4) is 0 Å². The van der Waals surface area contributed by atoms with Gasteiger partial charge in [0.1, 0.15) is 22.6 Å². The molecule has 0 aliphatic carbocycles. The molecule has 0 saturated heterocycles. The normalized spacial score (nSPS) is 19.1. The highest BCUT2D eigenvalue weighted by Gasteiger charge is 2.32. The first-order chi connectivity index (χ1) is 11.9. The van der Waals surface area contributed by atoms with Gasteiger partial charge >= 0.3 is 0 Å². The average molecular weight is 344 g/mol. The highest BCUT2D eigenvalue weighted by molar-refractivity contribution is 5.89. The zero-order valence-electron chi connectivity index (χ0n) is 13.7. The van der Waals surface area contributed by atoms with Crippen molar-refractivity contribution >= 4 is 11.4 Å². The third-order valence-corrected chi connectivity index (χ3v) is 3.97. The van der Waals surface area contributed by atoms with Crippen LogP contribution >= 0.6 is 0 Å². The lowest BCUT2D eigenvalue weighted by Crippen LogP contribution is -2.22. The van der Waals surface area contributed by atoms with Crippen LogP contribution in [-0.4, -0.2) is 22.1 Å². The lowest BCUT2D eigenvalue weighted by atomic mass is 9.99. The van der Waals surface area contributed by atoms with E-state index in [2.05, 4.69) is 0 Å². The summed E-state index contributed by atoms with van der Waals surface area (Å²) in [6.07, 6.45) is -0.0159. The maximum absolute atomic E-state index is 11.5. The van der Waals surface area contributed by atoms with Crippen molar-refractivity contribution in [1.82, 2.24) is 0 Å². The van der Waals surface area contributed by atoms with E-state index in [1.807, 2.05) is 13.8 Å². The van der Waals surface area contributed by atoms with Gasteiger partial charge in [-0.3, -0.25) is 20.2 Å². The highest BCUT2D eigenvalue weighted by Crippen LogP contribution is 2.48. The molecule has 25 heavy (non-hydrogen) atoms. The van der Waals surface area contributed by atoms with Crippen LogP contribution in [0.1, 0.15) is 20.3 Å². The Morgan fingerprint density at radius 2 is 1.24 bits per heavy atom. The van der Waals surface area contributed by atoms with Crippen molar-refractivity contribution in [3.8, 4) is 22.6 Å². The third kappa shape index (κ3) is 3.10. The molecule has 0 spiro atoms. The molecular weight excluding hydrogens is 328 g/mol. The Bertz CT molecular complexity index is 782. The number of hydrogen-bond acceptors (Lipinski definition) is 6. The molecule has 0 aromatic heterocycles. The molecule has 1 aliphatic heterocycles. The van der Waals surface area contributed by atoms with Crippen LogP contribution in [-0.2, 0) is 0 Å². The summed E-state index contributed by atoms with van der Waals surface area (Å²) in [6.45, 7) is 3.65. The summed E-state index contributed by atoms with van der Waals surface area (Å²) < 4.78 is 11.7. The zero-order valence-corrected chi connectivity index (χ0v) is 13.7. The molecule has 0 amide bonds. The van der Waals surface area contributed by atoms with Crippen LogP contribution in [0.2, 0.25) is 0 Å². The minimum Gasteiger partial charge on any atom is -0.490 e. The minimum absolute atomic E-state index is 0.0655. The van der Waals surface area contributed by atoms with Crippen molar-refractivity contribution in [3.05, 3.63) is 56.6 Å². The van der Waals surface area contributed by atoms with Gasteiger partial charge in [0.05, 0.1) is 22.1 Å². The van der Waals surface area contributed by atoms with E-state index in [9.17, 15) is 20.2 Å². The summed E-state index contributed by atoms with van der Waals surface area (Å²) in [5.41, 5.74) is -0.400. The Balaban J connectivity index is 2.40. The topological polar surface area (TPSA) is 105 Å². The lowest BCUT2D eigenvalue weighted by Gasteiger charge is -2.18. The van der Waals surface area contributed by atoms with E-state index in [0.29, 0.717) is 6.42 Å². The van der Waals surface area contributed by atoms with E-state index in [-0.39, 0.29) is 46.2 Å². The maximum atomic E-state index is 11.5. The van der Waals surface area contributed by atoms with Crippen molar-refractivity contribution in [1.29, 1.82) is 0 Å². The summed E-state index contributed by atoms with van der Waals surface area (Å²) in [5.74, 6) is 0.463. The smallest absolute Gasteiger partial charge is 0.281 e. The molecule has 0 bridgehead atoms. The van der Waals surface area contributed by atoms with Crippen LogP contribution in [0.25, 0.3) is 11.1 Å². The molecule has 2 aromatic carbocycles. The Labute approximate surface area is 143 Å². The predicted molar refractivity (Wildman–Crippen MR) is 90.0 cm³/mol. The second-order valence-electron chi connectivity index (χ2n) is 5.91. The summed E-state index contributed by atoms with van der Waals surface area (Å²) in [6, 6.07) is 8.76. The molecule has 0 fully saturated rings. The summed E-state index contributed by atoms with van der Waals surface area (Å²) in [4.78, 5) is 21.9. The summed E-state index contributed by atoms with van der Waals surface area (Å²) >= 11 is 0. The van der Waals surface area contributed by atoms with Crippen molar-refractivity contribution in [2.75, 3.05) is 0 Å². The second-order valence-corrected chi connectivity index (χ2v) is 5.91. The average Bonchev–Trinajstić information content (AvgIpc) is 2.58. The van der Waals surface area contributed by atoms with Gasteiger partial charge in [0, 0.05) is 18.6 Å². The fourth-order valence-corrected chi connectivity index (χ4v) is 3.04. The van der Waals surface area contributed by atoms with Crippen LogP contribution < -0.4 is 9.47 Å². The fourth-order valence-electron chi connectivity index (χ4n) is 3.04. The first-order valence-corrected chi connectivity index (χ1v) is 7.77. The predicted octanol–water partition coefficient (Wildman–Crippen LogP) is 4.11. The molecule has 0 saturated carbocycles. The molecule has 8 nitrogen and oxygen atoms in total. The van der Waals surface area contributed by atoms with Gasteiger partial charge in [0.2, 0.25) is 0 Å². The van der Waals surface area contributed by atoms with Gasteiger partial charge in [-0.1, -0.05) is 12.1 Å². The standard InChI is InChI=1S/C17H16N2O6/c1-10-9-11(2)25-15-8-4-6-13(19(22)23)17(15)16-12(18(20)21)5-3-7-14(16)24-10/h3-8,10-11H,9H2,1-2H3/t10-,11-/m1/s1. The Morgan fingerprint density at radius 3 is 1.60 bits per heavy atom. The van der Waals surface area contributed by atoms with E-state index in [1.54, 1.807) is 12.1 Å². The van der Waals surface area contributed by atoms with Gasteiger partial charge < -0.3 is 9.47 Å². The van der Waals surface area contributed by atoms with Gasteiger partial charge in [-0.25, -0.2) is 0 Å². The van der Waals surface area contributed by atoms with Gasteiger partial charge in [-0.15, -0.1) is 0 Å². The molecule has 8 heteroatoms. The number of nitrogens with zero attached hydrogens (tertiary/aromatic N) is 2. The maximum Gasteiger partial charge on any atom is 0.281 e. The minimum atomic E-state index is -0.575. The monoisotopic (exact) mass is 344 g/mol. The fraction of sp³-hybridized carbons (Fsp3) is 0.294. The van der Waals surface area contributed by atoms with Crippen LogP contribution in [0.4, 0.5) is 11.4 Å². The van der Waals surface area contributed by atoms with E-state index in [1.165, 1.54) is 24.3 Å². The summed E-state index contributed by atoms with van der Waals surface area (Å²) in [5, 5.41) is 23.1. The van der Waals surface area contributed by atoms with Crippen LogP contribution in [0, 0.1) is 20.2 Å². The molecule has 0 unspecified atom stereocenters. The molecule has 1 aliphatic rings. The molecule has 0 N–H and O–H groups in total. The van der Waals surface area contributed by atoms with E-state index >= 15 is 0 Å². The molecule has 0 radical (unpaired) electrons.